The number of ether oxygens (including phenoxy) is 4. The lowest BCUT2D eigenvalue weighted by Crippen LogP contribution is -2.17. The lowest BCUT2D eigenvalue weighted by Gasteiger charge is -2.19. The largest absolute Gasteiger partial charge is 0.573 e. The average molecular weight is 376 g/mol. The second kappa shape index (κ2) is 6.67. The van der Waals surface area contributed by atoms with Crippen LogP contribution in [0.25, 0.3) is 0 Å². The van der Waals surface area contributed by atoms with Crippen molar-refractivity contribution in [1.29, 1.82) is 0 Å². The minimum atomic E-state index is -4.77. The van der Waals surface area contributed by atoms with E-state index in [-0.39, 0.29) is 24.0 Å². The number of benzene rings is 2. The van der Waals surface area contributed by atoms with Gasteiger partial charge in [-0.15, -0.1) is 23.4 Å². The van der Waals surface area contributed by atoms with Gasteiger partial charge in [0.1, 0.15) is 23.8 Å². The molecule has 2 aromatic carbocycles. The van der Waals surface area contributed by atoms with Gasteiger partial charge in [0.25, 0.3) is 5.88 Å². The van der Waals surface area contributed by atoms with Crippen LogP contribution in [0, 0.1) is 0 Å². The number of para-hydroxylation sites is 2. The Morgan fingerprint density at radius 2 is 1.56 bits per heavy atom. The third kappa shape index (κ3) is 4.02. The van der Waals surface area contributed by atoms with E-state index >= 15 is 0 Å². The molecule has 0 bridgehead atoms. The second-order valence-corrected chi connectivity index (χ2v) is 5.47. The highest BCUT2D eigenvalue weighted by Gasteiger charge is 2.31. The molecule has 3 aromatic rings. The number of hydrogen-bond donors (Lipinski definition) is 0. The van der Waals surface area contributed by atoms with Gasteiger partial charge in [-0.05, 0) is 24.3 Å². The SMILES string of the molecule is FC(F)(F)Oc1cccc(OCc2cc3c(nn2)Oc2ccccc2O3)c1. The van der Waals surface area contributed by atoms with E-state index in [0.717, 1.165) is 6.07 Å². The highest BCUT2D eigenvalue weighted by molar-refractivity contribution is 5.51. The first kappa shape index (κ1) is 17.0. The van der Waals surface area contributed by atoms with Crippen LogP contribution in [0.15, 0.2) is 54.6 Å². The summed E-state index contributed by atoms with van der Waals surface area (Å²) in [5.74, 6) is 1.49. The van der Waals surface area contributed by atoms with Gasteiger partial charge >= 0.3 is 6.36 Å². The summed E-state index contributed by atoms with van der Waals surface area (Å²) in [5.41, 5.74) is 0.416. The minimum Gasteiger partial charge on any atom is -0.487 e. The molecule has 27 heavy (non-hydrogen) atoms. The fourth-order valence-corrected chi connectivity index (χ4v) is 2.38. The maximum atomic E-state index is 12.3. The summed E-state index contributed by atoms with van der Waals surface area (Å²) in [4.78, 5) is 0. The minimum absolute atomic E-state index is 0.0270. The molecule has 0 saturated carbocycles. The van der Waals surface area contributed by atoms with Crippen molar-refractivity contribution in [1.82, 2.24) is 10.2 Å². The van der Waals surface area contributed by atoms with Crippen LogP contribution in [-0.4, -0.2) is 16.6 Å². The molecule has 0 saturated heterocycles. The molecule has 0 aliphatic carbocycles. The molecule has 0 unspecified atom stereocenters. The van der Waals surface area contributed by atoms with Gasteiger partial charge in [-0.3, -0.25) is 0 Å². The third-order valence-corrected chi connectivity index (χ3v) is 3.48. The predicted octanol–water partition coefficient (Wildman–Crippen LogP) is 4.85. The first-order valence-electron chi connectivity index (χ1n) is 7.76. The topological polar surface area (TPSA) is 62.7 Å². The summed E-state index contributed by atoms with van der Waals surface area (Å²) in [6.07, 6.45) is -4.77. The molecule has 9 heteroatoms. The fourth-order valence-electron chi connectivity index (χ4n) is 2.38. The Hall–Kier alpha value is -3.49. The summed E-state index contributed by atoms with van der Waals surface area (Å²) >= 11 is 0. The molecule has 1 aliphatic heterocycles. The van der Waals surface area contributed by atoms with E-state index in [9.17, 15) is 13.2 Å². The van der Waals surface area contributed by atoms with E-state index in [0.29, 0.717) is 22.9 Å². The molecule has 138 valence electrons. The summed E-state index contributed by atoms with van der Waals surface area (Å²) in [6.45, 7) is -0.0270. The lowest BCUT2D eigenvalue weighted by atomic mass is 10.3. The highest BCUT2D eigenvalue weighted by atomic mass is 19.4. The highest BCUT2D eigenvalue weighted by Crippen LogP contribution is 2.43. The molecular formula is C18H11F3N2O4. The third-order valence-electron chi connectivity index (χ3n) is 3.48. The van der Waals surface area contributed by atoms with Gasteiger partial charge in [0.05, 0.1) is 0 Å². The standard InChI is InChI=1S/C18H11F3N2O4/c19-18(20,21)27-13-5-3-4-12(9-13)24-10-11-8-16-17(23-22-11)26-15-7-2-1-6-14(15)25-16/h1-9H,10H2. The van der Waals surface area contributed by atoms with E-state index in [1.807, 2.05) is 6.07 Å². The molecule has 0 spiro atoms. The molecule has 0 radical (unpaired) electrons. The Morgan fingerprint density at radius 3 is 2.33 bits per heavy atom. The van der Waals surface area contributed by atoms with Crippen LogP contribution in [0.4, 0.5) is 13.2 Å². The monoisotopic (exact) mass is 376 g/mol. The van der Waals surface area contributed by atoms with Crippen LogP contribution in [0.1, 0.15) is 5.69 Å². The zero-order chi connectivity index (χ0) is 18.9. The van der Waals surface area contributed by atoms with Crippen molar-refractivity contribution in [3.8, 4) is 34.6 Å². The summed E-state index contributed by atoms with van der Waals surface area (Å²) in [5, 5.41) is 7.92. The average Bonchev–Trinajstić information content (AvgIpc) is 2.63. The maximum absolute atomic E-state index is 12.3. The normalized spacial score (nSPS) is 12.3. The molecule has 0 fully saturated rings. The molecule has 0 N–H and O–H groups in total. The van der Waals surface area contributed by atoms with Crippen molar-refractivity contribution in [2.24, 2.45) is 0 Å². The van der Waals surface area contributed by atoms with Crippen LogP contribution >= 0.6 is 0 Å². The number of hydrogen-bond acceptors (Lipinski definition) is 6. The van der Waals surface area contributed by atoms with Crippen molar-refractivity contribution in [3.63, 3.8) is 0 Å². The maximum Gasteiger partial charge on any atom is 0.573 e. The number of alkyl halides is 3. The molecule has 2 heterocycles. The fraction of sp³-hybridized carbons (Fsp3) is 0.111. The Bertz CT molecular complexity index is 979. The zero-order valence-electron chi connectivity index (χ0n) is 13.6. The van der Waals surface area contributed by atoms with E-state index in [2.05, 4.69) is 14.9 Å². The van der Waals surface area contributed by atoms with Gasteiger partial charge in [0, 0.05) is 12.1 Å². The van der Waals surface area contributed by atoms with Crippen molar-refractivity contribution < 1.29 is 32.1 Å². The second-order valence-electron chi connectivity index (χ2n) is 5.47. The Kier molecular flexibility index (Phi) is 4.19. The van der Waals surface area contributed by atoms with Crippen molar-refractivity contribution in [2.45, 2.75) is 13.0 Å². The first-order chi connectivity index (χ1) is 13.0. The summed E-state index contributed by atoms with van der Waals surface area (Å²) in [7, 11) is 0. The van der Waals surface area contributed by atoms with Crippen LogP contribution in [-0.2, 0) is 6.61 Å². The van der Waals surface area contributed by atoms with Gasteiger partial charge in [-0.2, -0.15) is 0 Å². The number of aromatic nitrogens is 2. The molecule has 1 aliphatic rings. The van der Waals surface area contributed by atoms with Gasteiger partial charge in [-0.1, -0.05) is 18.2 Å². The van der Waals surface area contributed by atoms with Crippen molar-refractivity contribution in [2.75, 3.05) is 0 Å². The van der Waals surface area contributed by atoms with E-state index < -0.39 is 6.36 Å². The van der Waals surface area contributed by atoms with E-state index in [1.165, 1.54) is 18.2 Å². The van der Waals surface area contributed by atoms with Gasteiger partial charge in [0.15, 0.2) is 17.2 Å². The summed E-state index contributed by atoms with van der Waals surface area (Å²) in [6, 6.07) is 13.9. The summed E-state index contributed by atoms with van der Waals surface area (Å²) < 4.78 is 57.5. The number of fused-ring (bicyclic) bond motifs is 2. The molecule has 0 amide bonds. The molecule has 4 rings (SSSR count). The zero-order valence-corrected chi connectivity index (χ0v) is 13.6. The van der Waals surface area contributed by atoms with Crippen LogP contribution in [0.2, 0.25) is 0 Å². The van der Waals surface area contributed by atoms with Gasteiger partial charge in [-0.25, -0.2) is 0 Å². The number of halogens is 3. The Labute approximate surface area is 151 Å². The van der Waals surface area contributed by atoms with Crippen molar-refractivity contribution >= 4 is 0 Å². The number of nitrogens with zero attached hydrogens (tertiary/aromatic N) is 2. The molecule has 6 nitrogen and oxygen atoms in total. The van der Waals surface area contributed by atoms with Crippen LogP contribution < -0.4 is 18.9 Å². The smallest absolute Gasteiger partial charge is 0.487 e. The van der Waals surface area contributed by atoms with Crippen molar-refractivity contribution in [3.05, 3.63) is 60.3 Å². The number of rotatable bonds is 4. The quantitative estimate of drug-likeness (QED) is 0.507. The Balaban J connectivity index is 1.45. The first-order valence-corrected chi connectivity index (χ1v) is 7.76. The van der Waals surface area contributed by atoms with E-state index in [1.54, 1.807) is 24.3 Å². The van der Waals surface area contributed by atoms with Gasteiger partial charge in [0.2, 0.25) is 0 Å². The van der Waals surface area contributed by atoms with E-state index in [4.69, 9.17) is 14.2 Å². The van der Waals surface area contributed by atoms with Gasteiger partial charge < -0.3 is 18.9 Å². The van der Waals surface area contributed by atoms with Crippen LogP contribution in [0.3, 0.4) is 0 Å². The molecule has 1 aromatic heterocycles. The lowest BCUT2D eigenvalue weighted by molar-refractivity contribution is -0.274. The Morgan fingerprint density at radius 1 is 0.815 bits per heavy atom. The predicted molar refractivity (Wildman–Crippen MR) is 86.1 cm³/mol. The molecule has 0 atom stereocenters. The van der Waals surface area contributed by atoms with Crippen LogP contribution in [0.5, 0.6) is 34.6 Å². The molecular weight excluding hydrogens is 365 g/mol.